The third-order valence-corrected chi connectivity index (χ3v) is 3.47. The summed E-state index contributed by atoms with van der Waals surface area (Å²) in [5, 5.41) is 3.22. The highest BCUT2D eigenvalue weighted by atomic mass is 16.5. The third kappa shape index (κ3) is 3.96. The highest BCUT2D eigenvalue weighted by Gasteiger charge is 2.17. The van der Waals surface area contributed by atoms with Crippen molar-refractivity contribution in [3.05, 3.63) is 34.2 Å². The Labute approximate surface area is 108 Å². The zero-order chi connectivity index (χ0) is 12.6. The topological polar surface area (TPSA) is 54.1 Å². The van der Waals surface area contributed by atoms with Gasteiger partial charge in [-0.2, -0.15) is 0 Å². The smallest absolute Gasteiger partial charge is 0.251 e. The van der Waals surface area contributed by atoms with Crippen molar-refractivity contribution in [2.24, 2.45) is 0 Å². The minimum atomic E-state index is 0.0504. The van der Waals surface area contributed by atoms with Crippen molar-refractivity contribution in [1.82, 2.24) is 10.3 Å². The van der Waals surface area contributed by atoms with Crippen molar-refractivity contribution in [2.75, 3.05) is 26.3 Å². The summed E-state index contributed by atoms with van der Waals surface area (Å²) in [5.41, 5.74) is 0.959. The van der Waals surface area contributed by atoms with E-state index in [1.54, 1.807) is 6.20 Å². The van der Waals surface area contributed by atoms with E-state index < -0.39 is 0 Å². The number of rotatable bonds is 1. The molecule has 0 radical (unpaired) electrons. The lowest BCUT2D eigenvalue weighted by Crippen LogP contribution is -2.21. The van der Waals surface area contributed by atoms with Gasteiger partial charge in [-0.15, -0.1) is 0 Å². The Morgan fingerprint density at radius 3 is 2.44 bits per heavy atom. The normalized spacial score (nSPS) is 20.2. The molecule has 2 aliphatic heterocycles. The second-order valence-electron chi connectivity index (χ2n) is 4.80. The van der Waals surface area contributed by atoms with Crippen molar-refractivity contribution in [3.63, 3.8) is 0 Å². The van der Waals surface area contributed by atoms with E-state index >= 15 is 0 Å². The van der Waals surface area contributed by atoms with Gasteiger partial charge in [0, 0.05) is 25.0 Å². The molecule has 18 heavy (non-hydrogen) atoms. The molecule has 0 spiro atoms. The summed E-state index contributed by atoms with van der Waals surface area (Å²) in [5.74, 6) is 0.388. The van der Waals surface area contributed by atoms with Crippen molar-refractivity contribution < 1.29 is 4.74 Å². The number of ether oxygens (including phenoxy) is 1. The van der Waals surface area contributed by atoms with E-state index in [4.69, 9.17) is 4.74 Å². The van der Waals surface area contributed by atoms with Crippen molar-refractivity contribution >= 4 is 0 Å². The van der Waals surface area contributed by atoms with E-state index in [9.17, 15) is 4.79 Å². The zero-order valence-electron chi connectivity index (χ0n) is 10.8. The first kappa shape index (κ1) is 13.3. The summed E-state index contributed by atoms with van der Waals surface area (Å²) in [6.07, 6.45) is 6.38. The van der Waals surface area contributed by atoms with Crippen LogP contribution in [0.4, 0.5) is 0 Å². The fraction of sp³-hybridized carbons (Fsp3) is 0.643. The van der Waals surface area contributed by atoms with Gasteiger partial charge in [-0.25, -0.2) is 0 Å². The zero-order valence-corrected chi connectivity index (χ0v) is 10.8. The number of aromatic amines is 1. The van der Waals surface area contributed by atoms with Crippen LogP contribution >= 0.6 is 0 Å². The molecular weight excluding hydrogens is 228 g/mol. The van der Waals surface area contributed by atoms with Gasteiger partial charge < -0.3 is 15.0 Å². The molecule has 0 aromatic carbocycles. The number of aromatic nitrogens is 1. The average Bonchev–Trinajstić information content (AvgIpc) is 2.99. The Bertz CT molecular complexity index is 385. The van der Waals surface area contributed by atoms with E-state index in [-0.39, 0.29) is 5.56 Å². The molecule has 1 aromatic rings. The quantitative estimate of drug-likeness (QED) is 0.796. The minimum Gasteiger partial charge on any atom is -0.381 e. The van der Waals surface area contributed by atoms with Gasteiger partial charge in [0.15, 0.2) is 0 Å². The maximum absolute atomic E-state index is 11.4. The molecule has 0 unspecified atom stereocenters. The molecule has 3 rings (SSSR count). The summed E-state index contributed by atoms with van der Waals surface area (Å²) in [7, 11) is 0. The minimum absolute atomic E-state index is 0.0504. The molecule has 4 heteroatoms. The maximum Gasteiger partial charge on any atom is 0.251 e. The van der Waals surface area contributed by atoms with Crippen LogP contribution in [0.5, 0.6) is 0 Å². The second kappa shape index (κ2) is 7.34. The average molecular weight is 250 g/mol. The highest BCUT2D eigenvalue weighted by Crippen LogP contribution is 2.23. The SMILES string of the molecule is C1CCNC1.O=c1[nH]cccc1C1CCOCC1. The molecule has 0 saturated carbocycles. The molecular formula is C14H22N2O2. The molecule has 2 N–H and O–H groups in total. The first-order valence-electron chi connectivity index (χ1n) is 6.84. The van der Waals surface area contributed by atoms with Gasteiger partial charge in [0.1, 0.15) is 0 Å². The number of pyridine rings is 1. The largest absolute Gasteiger partial charge is 0.381 e. The van der Waals surface area contributed by atoms with E-state index in [1.165, 1.54) is 25.9 Å². The van der Waals surface area contributed by atoms with E-state index in [0.29, 0.717) is 5.92 Å². The third-order valence-electron chi connectivity index (χ3n) is 3.47. The summed E-state index contributed by atoms with van der Waals surface area (Å²) in [6.45, 7) is 4.05. The van der Waals surface area contributed by atoms with Crippen LogP contribution in [-0.4, -0.2) is 31.3 Å². The lowest BCUT2D eigenvalue weighted by atomic mass is 9.93. The molecule has 0 amide bonds. The van der Waals surface area contributed by atoms with Gasteiger partial charge in [-0.1, -0.05) is 6.07 Å². The monoisotopic (exact) mass is 250 g/mol. The summed E-state index contributed by atoms with van der Waals surface area (Å²) in [4.78, 5) is 14.1. The van der Waals surface area contributed by atoms with Crippen LogP contribution in [0.2, 0.25) is 0 Å². The van der Waals surface area contributed by atoms with Gasteiger partial charge in [0.25, 0.3) is 5.56 Å². The lowest BCUT2D eigenvalue weighted by molar-refractivity contribution is 0.0850. The lowest BCUT2D eigenvalue weighted by Gasteiger charge is -2.21. The van der Waals surface area contributed by atoms with Crippen molar-refractivity contribution in [1.29, 1.82) is 0 Å². The number of H-pyrrole nitrogens is 1. The fourth-order valence-corrected chi connectivity index (χ4v) is 2.39. The second-order valence-corrected chi connectivity index (χ2v) is 4.80. The van der Waals surface area contributed by atoms with Crippen molar-refractivity contribution in [2.45, 2.75) is 31.6 Å². The van der Waals surface area contributed by atoms with Crippen molar-refractivity contribution in [3.8, 4) is 0 Å². The van der Waals surface area contributed by atoms with E-state index in [2.05, 4.69) is 10.3 Å². The molecule has 100 valence electrons. The van der Waals surface area contributed by atoms with Gasteiger partial charge in [-0.05, 0) is 50.8 Å². The van der Waals surface area contributed by atoms with Crippen LogP contribution in [-0.2, 0) is 4.74 Å². The van der Waals surface area contributed by atoms with Crippen LogP contribution in [0, 0.1) is 0 Å². The number of nitrogens with one attached hydrogen (secondary N) is 2. The van der Waals surface area contributed by atoms with Crippen LogP contribution in [0.1, 0.15) is 37.2 Å². The predicted octanol–water partition coefficient (Wildman–Crippen LogP) is 1.64. The van der Waals surface area contributed by atoms with Crippen LogP contribution < -0.4 is 10.9 Å². The summed E-state index contributed by atoms with van der Waals surface area (Å²) in [6, 6.07) is 3.79. The first-order valence-corrected chi connectivity index (χ1v) is 6.84. The number of hydrogen-bond acceptors (Lipinski definition) is 3. The number of hydrogen-bond donors (Lipinski definition) is 2. The first-order chi connectivity index (χ1) is 8.88. The summed E-state index contributed by atoms with van der Waals surface area (Å²) >= 11 is 0. The molecule has 4 nitrogen and oxygen atoms in total. The summed E-state index contributed by atoms with van der Waals surface area (Å²) < 4.78 is 5.25. The highest BCUT2D eigenvalue weighted by molar-refractivity contribution is 5.15. The van der Waals surface area contributed by atoms with Crippen LogP contribution in [0.25, 0.3) is 0 Å². The Kier molecular flexibility index (Phi) is 5.42. The fourth-order valence-electron chi connectivity index (χ4n) is 2.39. The van der Waals surface area contributed by atoms with Crippen LogP contribution in [0.15, 0.2) is 23.1 Å². The van der Waals surface area contributed by atoms with Gasteiger partial charge >= 0.3 is 0 Å². The molecule has 2 fully saturated rings. The van der Waals surface area contributed by atoms with Gasteiger partial charge in [-0.3, -0.25) is 4.79 Å². The molecule has 0 bridgehead atoms. The van der Waals surface area contributed by atoms with Crippen LogP contribution in [0.3, 0.4) is 0 Å². The molecule has 1 aromatic heterocycles. The Morgan fingerprint density at radius 2 is 1.89 bits per heavy atom. The van der Waals surface area contributed by atoms with E-state index in [0.717, 1.165) is 31.6 Å². The Balaban J connectivity index is 0.000000202. The predicted molar refractivity (Wildman–Crippen MR) is 72.0 cm³/mol. The molecule has 3 heterocycles. The standard InChI is InChI=1S/C10H13NO2.C4H9N/c12-10-9(2-1-5-11-10)8-3-6-13-7-4-8;1-2-4-5-3-1/h1-2,5,8H,3-4,6-7H2,(H,11,12);5H,1-4H2. The molecule has 0 atom stereocenters. The van der Waals surface area contributed by atoms with Gasteiger partial charge in [0.05, 0.1) is 0 Å². The van der Waals surface area contributed by atoms with E-state index in [1.807, 2.05) is 12.1 Å². The molecule has 0 aliphatic carbocycles. The maximum atomic E-state index is 11.4. The van der Waals surface area contributed by atoms with Gasteiger partial charge in [0.2, 0.25) is 0 Å². The Morgan fingerprint density at radius 1 is 1.17 bits per heavy atom. The molecule has 2 saturated heterocycles. The Hall–Kier alpha value is -1.13. The molecule has 2 aliphatic rings.